The third-order valence-electron chi connectivity index (χ3n) is 3.31. The summed E-state index contributed by atoms with van der Waals surface area (Å²) in [5.74, 6) is -3.44. The van der Waals surface area contributed by atoms with Crippen LogP contribution in [0.2, 0.25) is 0 Å². The Morgan fingerprint density at radius 3 is 2.43 bits per heavy atom. The first-order valence-corrected chi connectivity index (χ1v) is 8.30. The van der Waals surface area contributed by atoms with Crippen molar-refractivity contribution in [2.75, 3.05) is 11.9 Å². The Labute approximate surface area is 160 Å². The number of amides is 1. The van der Waals surface area contributed by atoms with Crippen LogP contribution in [0.4, 0.5) is 19.3 Å². The van der Waals surface area contributed by atoms with E-state index >= 15 is 0 Å². The van der Waals surface area contributed by atoms with E-state index in [1.807, 2.05) is 0 Å². The molecular formula is C20H19F2NO5. The van der Waals surface area contributed by atoms with Crippen molar-refractivity contribution in [2.24, 2.45) is 0 Å². The Kier molecular flexibility index (Phi) is 6.45. The molecule has 8 heteroatoms. The molecule has 1 amide bonds. The first-order chi connectivity index (χ1) is 13.0. The molecule has 0 aliphatic rings. The Bertz CT molecular complexity index is 906. The zero-order valence-corrected chi connectivity index (χ0v) is 15.5. The average Bonchev–Trinajstić information content (AvgIpc) is 2.60. The number of ether oxygens (including phenoxy) is 2. The number of hydrogen-bond donors (Lipinski definition) is 1. The average molecular weight is 391 g/mol. The van der Waals surface area contributed by atoms with Gasteiger partial charge in [-0.1, -0.05) is 6.07 Å². The lowest BCUT2D eigenvalue weighted by Crippen LogP contribution is -2.27. The summed E-state index contributed by atoms with van der Waals surface area (Å²) < 4.78 is 36.7. The van der Waals surface area contributed by atoms with E-state index in [4.69, 9.17) is 9.47 Å². The van der Waals surface area contributed by atoms with E-state index in [1.165, 1.54) is 24.3 Å². The molecule has 148 valence electrons. The Morgan fingerprint density at radius 2 is 1.75 bits per heavy atom. The van der Waals surface area contributed by atoms with Crippen molar-refractivity contribution in [3.8, 4) is 0 Å². The molecule has 0 heterocycles. The molecule has 2 aromatic rings. The molecule has 0 atom stereocenters. The summed E-state index contributed by atoms with van der Waals surface area (Å²) in [6.45, 7) is 4.36. The van der Waals surface area contributed by atoms with Gasteiger partial charge in [0.2, 0.25) is 5.78 Å². The van der Waals surface area contributed by atoms with Gasteiger partial charge in [0, 0.05) is 5.69 Å². The molecule has 1 N–H and O–H groups in total. The molecule has 0 radical (unpaired) electrons. The summed E-state index contributed by atoms with van der Waals surface area (Å²) in [6.07, 6.45) is -0.699. The van der Waals surface area contributed by atoms with Gasteiger partial charge in [0.05, 0.1) is 11.1 Å². The van der Waals surface area contributed by atoms with Crippen LogP contribution < -0.4 is 5.32 Å². The van der Waals surface area contributed by atoms with E-state index < -0.39 is 47.3 Å². The number of carbonyl (C=O) groups excluding carboxylic acids is 3. The van der Waals surface area contributed by atoms with Gasteiger partial charge in [-0.2, -0.15) is 0 Å². The van der Waals surface area contributed by atoms with Gasteiger partial charge in [0.25, 0.3) is 0 Å². The predicted molar refractivity (Wildman–Crippen MR) is 97.3 cm³/mol. The SMILES string of the molecule is CC(C)(C)OC(=O)Nc1cccc(C(=O)OCC(=O)c2cc(F)ccc2F)c1. The molecule has 6 nitrogen and oxygen atoms in total. The minimum atomic E-state index is -0.911. The standard InChI is InChI=1S/C20H19F2NO5/c1-20(2,3)28-19(26)23-14-6-4-5-12(9-14)18(25)27-11-17(24)15-10-13(21)7-8-16(15)22/h4-10H,11H2,1-3H3,(H,23,26). The fraction of sp³-hybridized carbons (Fsp3) is 0.250. The number of ketones is 1. The Hall–Kier alpha value is -3.29. The zero-order valence-electron chi connectivity index (χ0n) is 15.5. The monoisotopic (exact) mass is 391 g/mol. The van der Waals surface area contributed by atoms with Crippen LogP contribution in [0.1, 0.15) is 41.5 Å². The maximum atomic E-state index is 13.6. The van der Waals surface area contributed by atoms with Crippen molar-refractivity contribution in [3.05, 3.63) is 65.2 Å². The summed E-state index contributed by atoms with van der Waals surface area (Å²) in [7, 11) is 0. The second kappa shape index (κ2) is 8.60. The van der Waals surface area contributed by atoms with Gasteiger partial charge in [0.1, 0.15) is 17.2 Å². The maximum absolute atomic E-state index is 13.6. The molecule has 0 fully saturated rings. The van der Waals surface area contributed by atoms with Crippen LogP contribution >= 0.6 is 0 Å². The van der Waals surface area contributed by atoms with E-state index in [2.05, 4.69) is 5.32 Å². The van der Waals surface area contributed by atoms with Crippen molar-refractivity contribution in [1.29, 1.82) is 0 Å². The van der Waals surface area contributed by atoms with E-state index in [0.717, 1.165) is 18.2 Å². The van der Waals surface area contributed by atoms with Crippen LogP contribution in [0.5, 0.6) is 0 Å². The highest BCUT2D eigenvalue weighted by Crippen LogP contribution is 2.15. The molecule has 28 heavy (non-hydrogen) atoms. The second-order valence-corrected chi connectivity index (χ2v) is 6.83. The molecule has 0 saturated heterocycles. The molecule has 2 rings (SSSR count). The fourth-order valence-electron chi connectivity index (χ4n) is 2.15. The topological polar surface area (TPSA) is 81.7 Å². The largest absolute Gasteiger partial charge is 0.454 e. The van der Waals surface area contributed by atoms with Crippen LogP contribution in [-0.4, -0.2) is 30.1 Å². The van der Waals surface area contributed by atoms with Crippen molar-refractivity contribution < 1.29 is 32.6 Å². The van der Waals surface area contributed by atoms with Gasteiger partial charge in [0.15, 0.2) is 6.61 Å². The minimum absolute atomic E-state index is 0.0565. The van der Waals surface area contributed by atoms with Gasteiger partial charge >= 0.3 is 12.1 Å². The first-order valence-electron chi connectivity index (χ1n) is 8.30. The number of carbonyl (C=O) groups is 3. The normalized spacial score (nSPS) is 10.9. The molecule has 0 aliphatic heterocycles. The number of Topliss-reactive ketones (excluding diaryl/α,β-unsaturated/α-hetero) is 1. The van der Waals surface area contributed by atoms with Crippen molar-refractivity contribution >= 4 is 23.5 Å². The number of esters is 1. The van der Waals surface area contributed by atoms with E-state index in [0.29, 0.717) is 0 Å². The van der Waals surface area contributed by atoms with Crippen LogP contribution in [0.3, 0.4) is 0 Å². The zero-order chi connectivity index (χ0) is 20.9. The smallest absolute Gasteiger partial charge is 0.412 e. The van der Waals surface area contributed by atoms with E-state index in [1.54, 1.807) is 20.8 Å². The highest BCUT2D eigenvalue weighted by molar-refractivity contribution is 6.00. The highest BCUT2D eigenvalue weighted by Gasteiger charge is 2.18. The third-order valence-corrected chi connectivity index (χ3v) is 3.31. The van der Waals surface area contributed by atoms with Gasteiger partial charge in [-0.05, 0) is 57.2 Å². The molecule has 2 aromatic carbocycles. The molecule has 0 aliphatic carbocycles. The molecular weight excluding hydrogens is 372 g/mol. The Morgan fingerprint density at radius 1 is 1.04 bits per heavy atom. The van der Waals surface area contributed by atoms with Crippen LogP contribution in [0.15, 0.2) is 42.5 Å². The van der Waals surface area contributed by atoms with Crippen LogP contribution in [0, 0.1) is 11.6 Å². The lowest BCUT2D eigenvalue weighted by Gasteiger charge is -2.19. The molecule has 0 bridgehead atoms. The number of nitrogens with one attached hydrogen (secondary N) is 1. The third kappa shape index (κ3) is 6.15. The number of anilines is 1. The number of halogens is 2. The van der Waals surface area contributed by atoms with Gasteiger partial charge in [-0.3, -0.25) is 10.1 Å². The van der Waals surface area contributed by atoms with Crippen molar-refractivity contribution in [1.82, 2.24) is 0 Å². The summed E-state index contributed by atoms with van der Waals surface area (Å²) in [6, 6.07) is 8.20. The van der Waals surface area contributed by atoms with Gasteiger partial charge < -0.3 is 9.47 Å². The van der Waals surface area contributed by atoms with Crippen molar-refractivity contribution in [3.63, 3.8) is 0 Å². The van der Waals surface area contributed by atoms with Gasteiger partial charge in [-0.25, -0.2) is 18.4 Å². The van der Waals surface area contributed by atoms with Crippen molar-refractivity contribution in [2.45, 2.75) is 26.4 Å². The van der Waals surface area contributed by atoms with Crippen LogP contribution in [0.25, 0.3) is 0 Å². The predicted octanol–water partition coefficient (Wildman–Crippen LogP) is 4.35. The second-order valence-electron chi connectivity index (χ2n) is 6.83. The summed E-state index contributed by atoms with van der Waals surface area (Å²) in [4.78, 5) is 35.8. The van der Waals surface area contributed by atoms with E-state index in [9.17, 15) is 23.2 Å². The highest BCUT2D eigenvalue weighted by atomic mass is 19.1. The summed E-state index contributed by atoms with van der Waals surface area (Å²) in [5, 5.41) is 2.47. The quantitative estimate of drug-likeness (QED) is 0.605. The fourth-order valence-corrected chi connectivity index (χ4v) is 2.15. The number of hydrogen-bond acceptors (Lipinski definition) is 5. The lowest BCUT2D eigenvalue weighted by atomic mass is 10.1. The van der Waals surface area contributed by atoms with Gasteiger partial charge in [-0.15, -0.1) is 0 Å². The Balaban J connectivity index is 2.00. The number of rotatable bonds is 5. The first kappa shape index (κ1) is 21.0. The lowest BCUT2D eigenvalue weighted by molar-refractivity contribution is 0.0473. The molecule has 0 spiro atoms. The van der Waals surface area contributed by atoms with Crippen LogP contribution in [-0.2, 0) is 9.47 Å². The molecule has 0 saturated carbocycles. The molecule has 0 unspecified atom stereocenters. The maximum Gasteiger partial charge on any atom is 0.412 e. The molecule has 0 aromatic heterocycles. The van der Waals surface area contributed by atoms with E-state index in [-0.39, 0.29) is 11.3 Å². The summed E-state index contributed by atoms with van der Waals surface area (Å²) in [5.41, 5.74) is -0.854. The number of benzene rings is 2. The minimum Gasteiger partial charge on any atom is -0.454 e. The summed E-state index contributed by atoms with van der Waals surface area (Å²) >= 11 is 0.